The fraction of sp³-hybridized carbons (Fsp3) is 0.462. The summed E-state index contributed by atoms with van der Waals surface area (Å²) in [6.45, 7) is 3.24. The van der Waals surface area contributed by atoms with Gasteiger partial charge in [0.1, 0.15) is 6.61 Å². The summed E-state index contributed by atoms with van der Waals surface area (Å²) in [4.78, 5) is 13.4. The van der Waals surface area contributed by atoms with E-state index in [-0.39, 0.29) is 19.1 Å². The molecule has 1 aromatic rings. The maximum absolute atomic E-state index is 11.8. The van der Waals surface area contributed by atoms with Crippen LogP contribution in [-0.4, -0.2) is 42.3 Å². The molecule has 0 aliphatic rings. The fourth-order valence-corrected chi connectivity index (χ4v) is 1.50. The molecule has 1 N–H and O–H groups in total. The molecule has 0 spiro atoms. The Morgan fingerprint density at radius 2 is 2.06 bits per heavy atom. The molecule has 0 fully saturated rings. The molecule has 0 aliphatic heterocycles. The molecule has 0 bridgehead atoms. The summed E-state index contributed by atoms with van der Waals surface area (Å²) in [5.74, 6) is -0.0928. The van der Waals surface area contributed by atoms with E-state index in [2.05, 4.69) is 0 Å². The van der Waals surface area contributed by atoms with Gasteiger partial charge < -0.3 is 14.7 Å². The van der Waals surface area contributed by atoms with E-state index in [1.807, 2.05) is 37.3 Å². The molecule has 0 aromatic heterocycles. The highest BCUT2D eigenvalue weighted by Gasteiger charge is 2.13. The Balaban J connectivity index is 2.56. The van der Waals surface area contributed by atoms with E-state index in [1.54, 1.807) is 4.90 Å². The molecule has 4 nitrogen and oxygen atoms in total. The van der Waals surface area contributed by atoms with Crippen molar-refractivity contribution in [3.63, 3.8) is 0 Å². The zero-order valence-electron chi connectivity index (χ0n) is 10.1. The van der Waals surface area contributed by atoms with Crippen molar-refractivity contribution in [2.24, 2.45) is 0 Å². The van der Waals surface area contributed by atoms with Gasteiger partial charge in [-0.2, -0.15) is 0 Å². The third-order valence-electron chi connectivity index (χ3n) is 2.37. The van der Waals surface area contributed by atoms with Crippen LogP contribution in [0.15, 0.2) is 30.3 Å². The lowest BCUT2D eigenvalue weighted by molar-refractivity contribution is -0.137. The van der Waals surface area contributed by atoms with Crippen LogP contribution in [0.2, 0.25) is 0 Å². The Morgan fingerprint density at radius 1 is 1.35 bits per heavy atom. The van der Waals surface area contributed by atoms with Gasteiger partial charge in [0.2, 0.25) is 5.91 Å². The van der Waals surface area contributed by atoms with Gasteiger partial charge in [0.25, 0.3) is 0 Å². The number of aliphatic hydroxyl groups excluding tert-OH is 1. The van der Waals surface area contributed by atoms with Crippen molar-refractivity contribution < 1.29 is 14.6 Å². The maximum Gasteiger partial charge on any atom is 0.248 e. The van der Waals surface area contributed by atoms with Crippen LogP contribution in [0.25, 0.3) is 0 Å². The molecule has 1 aromatic carbocycles. The van der Waals surface area contributed by atoms with E-state index >= 15 is 0 Å². The van der Waals surface area contributed by atoms with Crippen LogP contribution in [-0.2, 0) is 16.1 Å². The molecule has 0 radical (unpaired) electrons. The van der Waals surface area contributed by atoms with E-state index in [9.17, 15) is 4.79 Å². The third-order valence-corrected chi connectivity index (χ3v) is 2.37. The van der Waals surface area contributed by atoms with Gasteiger partial charge in [-0.05, 0) is 12.5 Å². The van der Waals surface area contributed by atoms with Crippen LogP contribution in [0, 0.1) is 0 Å². The van der Waals surface area contributed by atoms with Gasteiger partial charge in [-0.3, -0.25) is 4.79 Å². The topological polar surface area (TPSA) is 49.8 Å². The summed E-state index contributed by atoms with van der Waals surface area (Å²) in [5.41, 5.74) is 1.05. The van der Waals surface area contributed by atoms with E-state index in [0.29, 0.717) is 19.7 Å². The quantitative estimate of drug-likeness (QED) is 0.771. The molecular weight excluding hydrogens is 218 g/mol. The van der Waals surface area contributed by atoms with E-state index in [0.717, 1.165) is 5.56 Å². The average molecular weight is 237 g/mol. The molecule has 4 heteroatoms. The Kier molecular flexibility index (Phi) is 6.29. The Bertz CT molecular complexity index is 327. The van der Waals surface area contributed by atoms with Crippen LogP contribution < -0.4 is 0 Å². The second-order valence-electron chi connectivity index (χ2n) is 3.66. The van der Waals surface area contributed by atoms with Gasteiger partial charge in [0, 0.05) is 19.7 Å². The molecule has 0 saturated heterocycles. The van der Waals surface area contributed by atoms with E-state index in [4.69, 9.17) is 9.84 Å². The Morgan fingerprint density at radius 3 is 2.65 bits per heavy atom. The number of carbonyl (C=O) groups excluding carboxylic acids is 1. The number of amides is 1. The lowest BCUT2D eigenvalue weighted by atomic mass is 10.2. The van der Waals surface area contributed by atoms with Gasteiger partial charge in [-0.15, -0.1) is 0 Å². The molecule has 1 rings (SSSR count). The highest BCUT2D eigenvalue weighted by Crippen LogP contribution is 2.04. The first kappa shape index (κ1) is 13.7. The molecule has 17 heavy (non-hydrogen) atoms. The standard InChI is InChI=1S/C13H19NO3/c1-2-17-11-13(16)14(8-9-15)10-12-6-4-3-5-7-12/h3-7,15H,2,8-11H2,1H3. The molecule has 1 amide bonds. The zero-order chi connectivity index (χ0) is 12.5. The normalized spacial score (nSPS) is 10.2. The summed E-state index contributed by atoms with van der Waals surface area (Å²) in [6.07, 6.45) is 0. The van der Waals surface area contributed by atoms with Crippen molar-refractivity contribution in [3.8, 4) is 0 Å². The minimum absolute atomic E-state index is 0.0370. The maximum atomic E-state index is 11.8. The lowest BCUT2D eigenvalue weighted by Gasteiger charge is -2.21. The number of ether oxygens (including phenoxy) is 1. The summed E-state index contributed by atoms with van der Waals surface area (Å²) in [6, 6.07) is 9.71. The summed E-state index contributed by atoms with van der Waals surface area (Å²) in [7, 11) is 0. The SMILES string of the molecule is CCOCC(=O)N(CCO)Cc1ccccc1. The number of nitrogens with zero attached hydrogens (tertiary/aromatic N) is 1. The highest BCUT2D eigenvalue weighted by molar-refractivity contribution is 5.77. The Labute approximate surface area is 102 Å². The van der Waals surface area contributed by atoms with Crippen LogP contribution >= 0.6 is 0 Å². The van der Waals surface area contributed by atoms with E-state index < -0.39 is 0 Å². The van der Waals surface area contributed by atoms with Crippen LogP contribution in [0.1, 0.15) is 12.5 Å². The third kappa shape index (κ3) is 4.97. The average Bonchev–Trinajstić information content (AvgIpc) is 2.36. The van der Waals surface area contributed by atoms with Crippen LogP contribution in [0.3, 0.4) is 0 Å². The molecule has 0 unspecified atom stereocenters. The Hall–Kier alpha value is -1.39. The summed E-state index contributed by atoms with van der Waals surface area (Å²) >= 11 is 0. The van der Waals surface area contributed by atoms with Crippen molar-refractivity contribution in [1.82, 2.24) is 4.90 Å². The number of hydrogen-bond acceptors (Lipinski definition) is 3. The zero-order valence-corrected chi connectivity index (χ0v) is 10.1. The number of carbonyl (C=O) groups is 1. The van der Waals surface area contributed by atoms with E-state index in [1.165, 1.54) is 0 Å². The molecule has 0 saturated carbocycles. The monoisotopic (exact) mass is 237 g/mol. The first-order valence-electron chi connectivity index (χ1n) is 5.78. The number of hydrogen-bond donors (Lipinski definition) is 1. The van der Waals surface area contributed by atoms with Crippen LogP contribution in [0.4, 0.5) is 0 Å². The van der Waals surface area contributed by atoms with Gasteiger partial charge in [0.15, 0.2) is 0 Å². The molecule has 0 aliphatic carbocycles. The first-order valence-corrected chi connectivity index (χ1v) is 5.78. The molecule has 0 atom stereocenters. The largest absolute Gasteiger partial charge is 0.395 e. The van der Waals surface area contributed by atoms with Crippen LogP contribution in [0.5, 0.6) is 0 Å². The number of rotatable bonds is 7. The molecular formula is C13H19NO3. The van der Waals surface area contributed by atoms with Crippen molar-refractivity contribution in [2.45, 2.75) is 13.5 Å². The minimum atomic E-state index is -0.0928. The van der Waals surface area contributed by atoms with Gasteiger partial charge >= 0.3 is 0 Å². The lowest BCUT2D eigenvalue weighted by Crippen LogP contribution is -2.35. The fourth-order valence-electron chi connectivity index (χ4n) is 1.50. The second kappa shape index (κ2) is 7.81. The summed E-state index contributed by atoms with van der Waals surface area (Å²) in [5, 5.41) is 8.95. The van der Waals surface area contributed by atoms with Gasteiger partial charge in [0.05, 0.1) is 6.61 Å². The smallest absolute Gasteiger partial charge is 0.248 e. The summed E-state index contributed by atoms with van der Waals surface area (Å²) < 4.78 is 5.09. The number of aliphatic hydroxyl groups is 1. The van der Waals surface area contributed by atoms with Crippen molar-refractivity contribution in [1.29, 1.82) is 0 Å². The number of benzene rings is 1. The predicted octanol–water partition coefficient (Wildman–Crippen LogP) is 1.04. The van der Waals surface area contributed by atoms with Gasteiger partial charge in [-0.1, -0.05) is 30.3 Å². The van der Waals surface area contributed by atoms with Crippen molar-refractivity contribution >= 4 is 5.91 Å². The first-order chi connectivity index (χ1) is 8.27. The van der Waals surface area contributed by atoms with Crippen molar-refractivity contribution in [3.05, 3.63) is 35.9 Å². The predicted molar refractivity (Wildman–Crippen MR) is 65.4 cm³/mol. The molecule has 0 heterocycles. The minimum Gasteiger partial charge on any atom is -0.395 e. The molecule has 94 valence electrons. The highest BCUT2D eigenvalue weighted by atomic mass is 16.5. The van der Waals surface area contributed by atoms with Crippen molar-refractivity contribution in [2.75, 3.05) is 26.4 Å². The van der Waals surface area contributed by atoms with Gasteiger partial charge in [-0.25, -0.2) is 0 Å². The second-order valence-corrected chi connectivity index (χ2v) is 3.66.